The Hall–Kier alpha value is -2.60. The quantitative estimate of drug-likeness (QED) is 0.662. The Bertz CT molecular complexity index is 892. The average molecular weight is 425 g/mol. The van der Waals surface area contributed by atoms with Gasteiger partial charge in [-0.15, -0.1) is 11.3 Å². The first kappa shape index (κ1) is 20.7. The Morgan fingerprint density at radius 2 is 2.07 bits per heavy atom. The Kier molecular flexibility index (Phi) is 6.53. The van der Waals surface area contributed by atoms with Crippen molar-refractivity contribution in [2.24, 2.45) is 5.92 Å². The fourth-order valence-electron chi connectivity index (χ4n) is 4.53. The summed E-state index contributed by atoms with van der Waals surface area (Å²) in [6.45, 7) is 2.18. The Labute approximate surface area is 181 Å². The van der Waals surface area contributed by atoms with Gasteiger partial charge in [0.15, 0.2) is 0 Å². The van der Waals surface area contributed by atoms with E-state index in [0.29, 0.717) is 18.9 Å². The summed E-state index contributed by atoms with van der Waals surface area (Å²) >= 11 is 1.63. The summed E-state index contributed by atoms with van der Waals surface area (Å²) in [5, 5.41) is 2.01. The molecule has 5 nitrogen and oxygen atoms in total. The van der Waals surface area contributed by atoms with Gasteiger partial charge in [-0.05, 0) is 60.4 Å². The van der Waals surface area contributed by atoms with Crippen LogP contribution in [0.3, 0.4) is 0 Å². The molecule has 3 heterocycles. The number of carbonyl (C=O) groups is 2. The number of carbonyl (C=O) groups excluding carboxylic acids is 2. The van der Waals surface area contributed by atoms with Crippen molar-refractivity contribution in [3.63, 3.8) is 0 Å². The number of hydrogen-bond acceptors (Lipinski definition) is 4. The van der Waals surface area contributed by atoms with Gasteiger partial charge in [0.1, 0.15) is 5.75 Å². The minimum atomic E-state index is 0.0727. The van der Waals surface area contributed by atoms with Gasteiger partial charge < -0.3 is 14.5 Å². The molecule has 4 rings (SSSR count). The van der Waals surface area contributed by atoms with Crippen molar-refractivity contribution in [3.8, 4) is 5.75 Å². The van der Waals surface area contributed by atoms with Crippen LogP contribution in [0.25, 0.3) is 6.08 Å². The lowest BCUT2D eigenvalue weighted by atomic mass is 9.83. The molecular formula is C24H28N2O3S. The highest BCUT2D eigenvalue weighted by atomic mass is 32.1. The summed E-state index contributed by atoms with van der Waals surface area (Å²) in [6.07, 6.45) is 6.73. The van der Waals surface area contributed by atoms with E-state index in [1.165, 1.54) is 5.56 Å². The zero-order valence-electron chi connectivity index (χ0n) is 17.3. The van der Waals surface area contributed by atoms with Crippen molar-refractivity contribution in [2.45, 2.75) is 31.7 Å². The standard InChI is InChI=1S/C24H28N2O3S/c1-29-20-7-4-18(5-8-20)12-15-26-22-13-14-25(17-19(22)6-10-24(26)28)23(27)11-9-21-3-2-16-30-21/h2-5,7-9,11,16,19,22H,6,10,12-15,17H2,1H3/b11-9+/t19-,22+/m1/s1. The lowest BCUT2D eigenvalue weighted by molar-refractivity contribution is -0.142. The molecular weight excluding hydrogens is 396 g/mol. The van der Waals surface area contributed by atoms with Crippen molar-refractivity contribution in [2.75, 3.05) is 26.7 Å². The maximum Gasteiger partial charge on any atom is 0.246 e. The van der Waals surface area contributed by atoms with Crippen molar-refractivity contribution in [1.82, 2.24) is 9.80 Å². The second-order valence-electron chi connectivity index (χ2n) is 7.97. The molecule has 0 radical (unpaired) electrons. The highest BCUT2D eigenvalue weighted by Gasteiger charge is 2.39. The lowest BCUT2D eigenvalue weighted by Crippen LogP contribution is -2.57. The third-order valence-electron chi connectivity index (χ3n) is 6.19. The minimum absolute atomic E-state index is 0.0727. The molecule has 0 N–H and O–H groups in total. The van der Waals surface area contributed by atoms with E-state index in [-0.39, 0.29) is 17.9 Å². The van der Waals surface area contributed by atoms with Gasteiger partial charge in [0, 0.05) is 43.1 Å². The SMILES string of the molecule is COc1ccc(CCN2C(=O)CC[C@@H]3CN(C(=O)/C=C/c4cccs4)CC[C@@H]32)cc1. The minimum Gasteiger partial charge on any atom is -0.497 e. The molecule has 2 aliphatic rings. The number of likely N-dealkylation sites (tertiary alicyclic amines) is 2. The number of nitrogens with zero attached hydrogens (tertiary/aromatic N) is 2. The third kappa shape index (κ3) is 4.75. The largest absolute Gasteiger partial charge is 0.497 e. The summed E-state index contributed by atoms with van der Waals surface area (Å²) in [5.74, 6) is 1.54. The smallest absolute Gasteiger partial charge is 0.246 e. The van der Waals surface area contributed by atoms with E-state index in [9.17, 15) is 9.59 Å². The van der Waals surface area contributed by atoms with E-state index in [4.69, 9.17) is 4.74 Å². The summed E-state index contributed by atoms with van der Waals surface area (Å²) in [4.78, 5) is 30.4. The van der Waals surface area contributed by atoms with Crippen molar-refractivity contribution < 1.29 is 14.3 Å². The number of thiophene rings is 1. The van der Waals surface area contributed by atoms with E-state index in [0.717, 1.165) is 43.0 Å². The first-order valence-corrected chi connectivity index (χ1v) is 11.4. The van der Waals surface area contributed by atoms with E-state index in [1.807, 2.05) is 40.6 Å². The fraction of sp³-hybridized carbons (Fsp3) is 0.417. The predicted octanol–water partition coefficient (Wildman–Crippen LogP) is 3.85. The van der Waals surface area contributed by atoms with E-state index >= 15 is 0 Å². The monoisotopic (exact) mass is 424 g/mol. The number of fused-ring (bicyclic) bond motifs is 1. The Balaban J connectivity index is 1.35. The highest BCUT2D eigenvalue weighted by molar-refractivity contribution is 7.10. The summed E-state index contributed by atoms with van der Waals surface area (Å²) < 4.78 is 5.22. The van der Waals surface area contributed by atoms with Gasteiger partial charge in [-0.3, -0.25) is 9.59 Å². The molecule has 6 heteroatoms. The molecule has 2 aliphatic heterocycles. The number of rotatable bonds is 6. The molecule has 1 aromatic heterocycles. The third-order valence-corrected chi connectivity index (χ3v) is 7.03. The first-order valence-electron chi connectivity index (χ1n) is 10.6. The molecule has 0 unspecified atom stereocenters. The molecule has 2 aromatic rings. The Morgan fingerprint density at radius 1 is 1.23 bits per heavy atom. The summed E-state index contributed by atoms with van der Waals surface area (Å²) in [6, 6.07) is 12.3. The molecule has 1 aromatic carbocycles. The van der Waals surface area contributed by atoms with Crippen molar-refractivity contribution >= 4 is 29.2 Å². The van der Waals surface area contributed by atoms with Crippen LogP contribution in [0.2, 0.25) is 0 Å². The van der Waals surface area contributed by atoms with Crippen LogP contribution in [0, 0.1) is 5.92 Å². The molecule has 2 saturated heterocycles. The number of benzene rings is 1. The van der Waals surface area contributed by atoms with E-state index in [2.05, 4.69) is 17.0 Å². The number of methoxy groups -OCH3 is 1. The maximum absolute atomic E-state index is 12.6. The second-order valence-corrected chi connectivity index (χ2v) is 8.95. The van der Waals surface area contributed by atoms with Gasteiger partial charge >= 0.3 is 0 Å². The molecule has 158 valence electrons. The van der Waals surface area contributed by atoms with Crippen LogP contribution >= 0.6 is 11.3 Å². The fourth-order valence-corrected chi connectivity index (χ4v) is 5.15. The van der Waals surface area contributed by atoms with Crippen LogP contribution in [0.4, 0.5) is 0 Å². The van der Waals surface area contributed by atoms with Crippen LogP contribution in [-0.4, -0.2) is 54.4 Å². The van der Waals surface area contributed by atoms with Crippen LogP contribution in [0.5, 0.6) is 5.75 Å². The van der Waals surface area contributed by atoms with Gasteiger partial charge in [-0.1, -0.05) is 18.2 Å². The molecule has 0 bridgehead atoms. The van der Waals surface area contributed by atoms with Crippen LogP contribution in [0.1, 0.15) is 29.7 Å². The zero-order valence-corrected chi connectivity index (χ0v) is 18.1. The topological polar surface area (TPSA) is 49.9 Å². The summed E-state index contributed by atoms with van der Waals surface area (Å²) in [5.41, 5.74) is 1.21. The van der Waals surface area contributed by atoms with Crippen LogP contribution in [-0.2, 0) is 16.0 Å². The van der Waals surface area contributed by atoms with Crippen molar-refractivity contribution in [3.05, 3.63) is 58.3 Å². The Morgan fingerprint density at radius 3 is 2.80 bits per heavy atom. The van der Waals surface area contributed by atoms with E-state index in [1.54, 1.807) is 24.5 Å². The normalized spacial score (nSPS) is 21.7. The van der Waals surface area contributed by atoms with Gasteiger partial charge in [0.05, 0.1) is 7.11 Å². The molecule has 2 atom stereocenters. The molecule has 0 spiro atoms. The number of piperidine rings is 2. The predicted molar refractivity (Wildman–Crippen MR) is 119 cm³/mol. The average Bonchev–Trinajstić information content (AvgIpc) is 3.30. The molecule has 2 amide bonds. The van der Waals surface area contributed by atoms with Crippen molar-refractivity contribution in [1.29, 1.82) is 0 Å². The lowest BCUT2D eigenvalue weighted by Gasteiger charge is -2.47. The second kappa shape index (κ2) is 9.47. The van der Waals surface area contributed by atoms with Gasteiger partial charge in [-0.2, -0.15) is 0 Å². The summed E-state index contributed by atoms with van der Waals surface area (Å²) in [7, 11) is 1.66. The molecule has 0 aliphatic carbocycles. The molecule has 30 heavy (non-hydrogen) atoms. The highest BCUT2D eigenvalue weighted by Crippen LogP contribution is 2.31. The van der Waals surface area contributed by atoms with Gasteiger partial charge in [0.2, 0.25) is 11.8 Å². The van der Waals surface area contributed by atoms with Crippen LogP contribution in [0.15, 0.2) is 47.9 Å². The zero-order chi connectivity index (χ0) is 20.9. The maximum atomic E-state index is 12.6. The van der Waals surface area contributed by atoms with Crippen LogP contribution < -0.4 is 4.74 Å². The van der Waals surface area contributed by atoms with E-state index < -0.39 is 0 Å². The number of hydrogen-bond donors (Lipinski definition) is 0. The molecule has 0 saturated carbocycles. The number of amides is 2. The first-order chi connectivity index (χ1) is 14.6. The number of ether oxygens (including phenoxy) is 1. The van der Waals surface area contributed by atoms with Gasteiger partial charge in [0.25, 0.3) is 0 Å². The molecule has 2 fully saturated rings. The van der Waals surface area contributed by atoms with Gasteiger partial charge in [-0.25, -0.2) is 0 Å².